The molecule has 7 heteroatoms. The van der Waals surface area contributed by atoms with Gasteiger partial charge >= 0.3 is 0 Å². The molecule has 4 bridgehead atoms. The molecular weight excluding hydrogens is 378 g/mol. The fourth-order valence-electron chi connectivity index (χ4n) is 5.98. The van der Waals surface area contributed by atoms with Gasteiger partial charge < -0.3 is 14.8 Å². The lowest BCUT2D eigenvalue weighted by Gasteiger charge is -2.54. The minimum absolute atomic E-state index is 0.000424. The maximum absolute atomic E-state index is 12.7. The van der Waals surface area contributed by atoms with Crippen molar-refractivity contribution in [3.63, 3.8) is 0 Å². The molecule has 1 N–H and O–H groups in total. The van der Waals surface area contributed by atoms with Crippen molar-refractivity contribution in [2.45, 2.75) is 49.5 Å². The first-order chi connectivity index (χ1) is 13.5. The van der Waals surface area contributed by atoms with Crippen LogP contribution in [-0.4, -0.2) is 39.3 Å². The van der Waals surface area contributed by atoms with Gasteiger partial charge in [-0.2, -0.15) is 0 Å². The number of sulfone groups is 1. The average molecular weight is 406 g/mol. The van der Waals surface area contributed by atoms with E-state index < -0.39 is 9.84 Å². The molecule has 4 saturated carbocycles. The van der Waals surface area contributed by atoms with Crippen LogP contribution < -0.4 is 14.8 Å². The molecule has 1 amide bonds. The molecule has 0 saturated heterocycles. The lowest BCUT2D eigenvalue weighted by molar-refractivity contribution is -0.124. The van der Waals surface area contributed by atoms with E-state index in [4.69, 9.17) is 9.47 Å². The van der Waals surface area contributed by atoms with Crippen LogP contribution in [-0.2, 0) is 14.6 Å². The second-order valence-electron chi connectivity index (χ2n) is 8.90. The van der Waals surface area contributed by atoms with Crippen molar-refractivity contribution in [1.82, 2.24) is 5.32 Å². The first-order valence-corrected chi connectivity index (χ1v) is 12.0. The van der Waals surface area contributed by atoms with Gasteiger partial charge in [0.25, 0.3) is 0 Å². The number of hydrogen-bond donors (Lipinski definition) is 1. The van der Waals surface area contributed by atoms with Crippen LogP contribution in [0.3, 0.4) is 0 Å². The van der Waals surface area contributed by atoms with Crippen LogP contribution in [0.15, 0.2) is 23.1 Å². The highest BCUT2D eigenvalue weighted by atomic mass is 32.2. The van der Waals surface area contributed by atoms with Crippen LogP contribution in [0.4, 0.5) is 0 Å². The standard InChI is InChI=1S/C21H27NO5S/c23-20(22-21-15-8-13-7-14(10-15)11-16(21)9-13)3-6-28(24,25)17-1-2-18-19(12-17)27-5-4-26-18/h1-2,12-16,21H,3-11H2,(H,22,23). The molecule has 6 rings (SSSR count). The largest absolute Gasteiger partial charge is 0.486 e. The third-order valence-electron chi connectivity index (χ3n) is 7.02. The van der Waals surface area contributed by atoms with Gasteiger partial charge in [-0.15, -0.1) is 0 Å². The summed E-state index contributed by atoms with van der Waals surface area (Å²) in [5.41, 5.74) is 0. The number of hydrogen-bond acceptors (Lipinski definition) is 5. The molecule has 1 aliphatic heterocycles. The van der Waals surface area contributed by atoms with Gasteiger partial charge in [0.15, 0.2) is 21.3 Å². The van der Waals surface area contributed by atoms with Crippen molar-refractivity contribution < 1.29 is 22.7 Å². The number of carbonyl (C=O) groups excluding carboxylic acids is 1. The van der Waals surface area contributed by atoms with Crippen molar-refractivity contribution in [2.75, 3.05) is 19.0 Å². The summed E-state index contributed by atoms with van der Waals surface area (Å²) in [7, 11) is -3.55. The molecular formula is C21H27NO5S. The molecule has 152 valence electrons. The van der Waals surface area contributed by atoms with Crippen molar-refractivity contribution in [3.05, 3.63) is 18.2 Å². The van der Waals surface area contributed by atoms with E-state index in [1.165, 1.54) is 44.2 Å². The molecule has 0 spiro atoms. The smallest absolute Gasteiger partial charge is 0.221 e. The van der Waals surface area contributed by atoms with Crippen molar-refractivity contribution in [1.29, 1.82) is 0 Å². The zero-order valence-electron chi connectivity index (χ0n) is 15.9. The zero-order chi connectivity index (χ0) is 19.3. The van der Waals surface area contributed by atoms with E-state index >= 15 is 0 Å². The van der Waals surface area contributed by atoms with Gasteiger partial charge in [-0.25, -0.2) is 8.42 Å². The van der Waals surface area contributed by atoms with Crippen LogP contribution in [0.1, 0.15) is 38.5 Å². The fourth-order valence-corrected chi connectivity index (χ4v) is 7.23. The Morgan fingerprint density at radius 3 is 2.29 bits per heavy atom. The Hall–Kier alpha value is -1.76. The summed E-state index contributed by atoms with van der Waals surface area (Å²) in [6.45, 7) is 0.869. The van der Waals surface area contributed by atoms with Gasteiger partial charge in [-0.3, -0.25) is 4.79 Å². The average Bonchev–Trinajstić information content (AvgIpc) is 2.68. The predicted molar refractivity (Wildman–Crippen MR) is 103 cm³/mol. The lowest BCUT2D eigenvalue weighted by atomic mass is 9.54. The summed E-state index contributed by atoms with van der Waals surface area (Å²) in [6, 6.07) is 4.89. The Morgan fingerprint density at radius 2 is 1.61 bits per heavy atom. The summed E-state index contributed by atoms with van der Waals surface area (Å²) < 4.78 is 36.3. The van der Waals surface area contributed by atoms with Gasteiger partial charge in [-0.1, -0.05) is 0 Å². The van der Waals surface area contributed by atoms with Gasteiger partial charge in [0, 0.05) is 18.5 Å². The van der Waals surface area contributed by atoms with Crippen LogP contribution >= 0.6 is 0 Å². The topological polar surface area (TPSA) is 81.7 Å². The molecule has 4 fully saturated rings. The maximum atomic E-state index is 12.7. The fraction of sp³-hybridized carbons (Fsp3) is 0.667. The van der Waals surface area contributed by atoms with Crippen molar-refractivity contribution >= 4 is 15.7 Å². The Bertz CT molecular complexity index is 853. The maximum Gasteiger partial charge on any atom is 0.221 e. The number of amides is 1. The quantitative estimate of drug-likeness (QED) is 0.814. The van der Waals surface area contributed by atoms with Gasteiger partial charge in [0.1, 0.15) is 13.2 Å². The van der Waals surface area contributed by atoms with E-state index in [-0.39, 0.29) is 29.0 Å². The number of benzene rings is 1. The molecule has 0 radical (unpaired) electrons. The van der Waals surface area contributed by atoms with Gasteiger partial charge in [0.2, 0.25) is 5.91 Å². The summed E-state index contributed by atoms with van der Waals surface area (Å²) in [5.74, 6) is 3.57. The Morgan fingerprint density at radius 1 is 0.964 bits per heavy atom. The van der Waals surface area contributed by atoms with Gasteiger partial charge in [0.05, 0.1) is 10.6 Å². The van der Waals surface area contributed by atoms with Crippen molar-refractivity contribution in [3.8, 4) is 11.5 Å². The minimum Gasteiger partial charge on any atom is -0.486 e. The van der Waals surface area contributed by atoms with E-state index in [1.54, 1.807) is 6.07 Å². The molecule has 1 aromatic carbocycles. The Kier molecular flexibility index (Phi) is 4.53. The molecule has 28 heavy (non-hydrogen) atoms. The lowest BCUT2D eigenvalue weighted by Crippen LogP contribution is -2.55. The summed E-state index contributed by atoms with van der Waals surface area (Å²) in [6.07, 6.45) is 6.29. The number of nitrogens with one attached hydrogen (secondary N) is 1. The summed E-state index contributed by atoms with van der Waals surface area (Å²) in [5, 5.41) is 3.19. The van der Waals surface area contributed by atoms with E-state index in [2.05, 4.69) is 5.32 Å². The van der Waals surface area contributed by atoms with E-state index in [0.29, 0.717) is 36.5 Å². The third-order valence-corrected chi connectivity index (χ3v) is 8.74. The highest BCUT2D eigenvalue weighted by Gasteiger charge is 2.48. The van der Waals surface area contributed by atoms with E-state index in [1.807, 2.05) is 0 Å². The van der Waals surface area contributed by atoms with E-state index in [0.717, 1.165) is 11.8 Å². The minimum atomic E-state index is -3.55. The molecule has 5 aliphatic rings. The normalized spacial score (nSPS) is 32.9. The monoisotopic (exact) mass is 405 g/mol. The molecule has 0 atom stereocenters. The molecule has 6 nitrogen and oxygen atoms in total. The van der Waals surface area contributed by atoms with Gasteiger partial charge in [-0.05, 0) is 67.9 Å². The van der Waals surface area contributed by atoms with Crippen LogP contribution in [0.5, 0.6) is 11.5 Å². The third kappa shape index (κ3) is 3.38. The van der Waals surface area contributed by atoms with Crippen LogP contribution in [0, 0.1) is 23.7 Å². The number of carbonyl (C=O) groups is 1. The molecule has 4 aliphatic carbocycles. The van der Waals surface area contributed by atoms with Crippen LogP contribution in [0.2, 0.25) is 0 Å². The Balaban J connectivity index is 1.20. The van der Waals surface area contributed by atoms with Crippen LogP contribution in [0.25, 0.3) is 0 Å². The van der Waals surface area contributed by atoms with E-state index in [9.17, 15) is 13.2 Å². The van der Waals surface area contributed by atoms with Crippen molar-refractivity contribution in [2.24, 2.45) is 23.7 Å². The highest BCUT2D eigenvalue weighted by Crippen LogP contribution is 2.53. The number of fused-ring (bicyclic) bond motifs is 1. The first kappa shape index (κ1) is 18.3. The first-order valence-electron chi connectivity index (χ1n) is 10.4. The molecule has 1 aromatic rings. The zero-order valence-corrected chi connectivity index (χ0v) is 16.7. The second-order valence-corrected chi connectivity index (χ2v) is 11.0. The summed E-state index contributed by atoms with van der Waals surface area (Å²) in [4.78, 5) is 12.7. The Labute approximate surface area is 165 Å². The molecule has 0 unspecified atom stereocenters. The predicted octanol–water partition coefficient (Wildman–Crippen LogP) is 2.56. The molecule has 0 aromatic heterocycles. The molecule has 1 heterocycles. The number of ether oxygens (including phenoxy) is 2. The number of rotatable bonds is 5. The highest BCUT2D eigenvalue weighted by molar-refractivity contribution is 7.91. The summed E-state index contributed by atoms with van der Waals surface area (Å²) >= 11 is 0. The second kappa shape index (κ2) is 6.94. The SMILES string of the molecule is O=C(CCS(=O)(=O)c1ccc2c(c1)OCCO2)NC1C2CC3CC(C2)CC1C3.